The van der Waals surface area contributed by atoms with Crippen LogP contribution in [0, 0.1) is 0 Å². The summed E-state index contributed by atoms with van der Waals surface area (Å²) in [6, 6.07) is 9.80. The third-order valence-electron chi connectivity index (χ3n) is 2.17. The first-order valence-electron chi connectivity index (χ1n) is 5.99. The molecule has 0 aromatic heterocycles. The average molecular weight is 363 g/mol. The molecule has 0 amide bonds. The Morgan fingerprint density at radius 2 is 1.83 bits per heavy atom. The molecule has 4 nitrogen and oxygen atoms in total. The van der Waals surface area contributed by atoms with Crippen molar-refractivity contribution in [2.45, 2.75) is 13.3 Å². The molecule has 0 unspecified atom stereocenters. The van der Waals surface area contributed by atoms with E-state index in [1.165, 1.54) is 0 Å². The normalized spacial score (nSPS) is 10.4. The van der Waals surface area contributed by atoms with E-state index in [2.05, 4.69) is 22.5 Å². The standard InChI is InChI=1S/C13H21N3O.HI/c1-3-9-15-13(14-2)16-10-11-17-12-7-5-4-6-8-12;/h4-8H,3,9-11H2,1-2H3,(H2,14,15,16);1H. The summed E-state index contributed by atoms with van der Waals surface area (Å²) in [6.45, 7) is 4.41. The zero-order valence-corrected chi connectivity index (χ0v) is 13.3. The Bertz CT molecular complexity index is 330. The first-order valence-corrected chi connectivity index (χ1v) is 5.99. The van der Waals surface area contributed by atoms with Crippen LogP contribution in [-0.2, 0) is 0 Å². The van der Waals surface area contributed by atoms with Gasteiger partial charge in [0.1, 0.15) is 12.4 Å². The van der Waals surface area contributed by atoms with E-state index in [9.17, 15) is 0 Å². The molecule has 0 bridgehead atoms. The molecule has 0 aliphatic heterocycles. The molecule has 0 saturated heterocycles. The summed E-state index contributed by atoms with van der Waals surface area (Å²) >= 11 is 0. The minimum atomic E-state index is 0. The topological polar surface area (TPSA) is 45.7 Å². The molecule has 0 aliphatic rings. The molecule has 0 heterocycles. The molecule has 1 rings (SSSR count). The number of nitrogens with zero attached hydrogens (tertiary/aromatic N) is 1. The Hall–Kier alpha value is -0.980. The summed E-state index contributed by atoms with van der Waals surface area (Å²) in [4.78, 5) is 4.11. The highest BCUT2D eigenvalue weighted by Gasteiger charge is 1.95. The number of hydrogen-bond acceptors (Lipinski definition) is 2. The van der Waals surface area contributed by atoms with E-state index in [1.54, 1.807) is 7.05 Å². The Balaban J connectivity index is 0.00000289. The van der Waals surface area contributed by atoms with Gasteiger partial charge in [0, 0.05) is 13.6 Å². The van der Waals surface area contributed by atoms with Crippen LogP contribution < -0.4 is 15.4 Å². The first-order chi connectivity index (χ1) is 8.36. The molecule has 0 fully saturated rings. The van der Waals surface area contributed by atoms with Gasteiger partial charge < -0.3 is 15.4 Å². The molecule has 5 heteroatoms. The summed E-state index contributed by atoms with van der Waals surface area (Å²) in [5.41, 5.74) is 0. The summed E-state index contributed by atoms with van der Waals surface area (Å²) in [7, 11) is 1.77. The lowest BCUT2D eigenvalue weighted by molar-refractivity contribution is 0.322. The molecule has 0 atom stereocenters. The van der Waals surface area contributed by atoms with Crippen LogP contribution in [0.4, 0.5) is 0 Å². The lowest BCUT2D eigenvalue weighted by Crippen LogP contribution is -2.39. The first kappa shape index (κ1) is 17.0. The fourth-order valence-electron chi connectivity index (χ4n) is 1.32. The Kier molecular flexibility index (Phi) is 10.5. The number of para-hydroxylation sites is 1. The second-order valence-electron chi connectivity index (χ2n) is 3.59. The molecule has 102 valence electrons. The van der Waals surface area contributed by atoms with Gasteiger partial charge in [0.2, 0.25) is 0 Å². The van der Waals surface area contributed by atoms with Crippen molar-refractivity contribution in [2.75, 3.05) is 26.7 Å². The maximum Gasteiger partial charge on any atom is 0.191 e. The number of guanidine groups is 1. The highest BCUT2D eigenvalue weighted by molar-refractivity contribution is 14.0. The van der Waals surface area contributed by atoms with Gasteiger partial charge in [-0.05, 0) is 18.6 Å². The summed E-state index contributed by atoms with van der Waals surface area (Å²) in [5.74, 6) is 1.72. The maximum atomic E-state index is 5.56. The number of benzene rings is 1. The van der Waals surface area contributed by atoms with Gasteiger partial charge in [-0.2, -0.15) is 0 Å². The van der Waals surface area contributed by atoms with Gasteiger partial charge in [0.15, 0.2) is 5.96 Å². The lowest BCUT2D eigenvalue weighted by atomic mass is 10.3. The number of hydrogen-bond donors (Lipinski definition) is 2. The molecule has 0 aliphatic carbocycles. The Morgan fingerprint density at radius 1 is 1.17 bits per heavy atom. The molecule has 18 heavy (non-hydrogen) atoms. The van der Waals surface area contributed by atoms with Crippen LogP contribution >= 0.6 is 24.0 Å². The van der Waals surface area contributed by atoms with E-state index in [0.717, 1.165) is 31.2 Å². The van der Waals surface area contributed by atoms with Crippen LogP contribution in [0.3, 0.4) is 0 Å². The van der Waals surface area contributed by atoms with Crippen LogP contribution in [0.25, 0.3) is 0 Å². The molecule has 0 spiro atoms. The van der Waals surface area contributed by atoms with Crippen molar-refractivity contribution in [3.05, 3.63) is 30.3 Å². The van der Waals surface area contributed by atoms with Crippen LogP contribution in [0.15, 0.2) is 35.3 Å². The van der Waals surface area contributed by atoms with Gasteiger partial charge >= 0.3 is 0 Å². The lowest BCUT2D eigenvalue weighted by Gasteiger charge is -2.11. The molecule has 0 saturated carbocycles. The third kappa shape index (κ3) is 7.37. The number of nitrogens with one attached hydrogen (secondary N) is 2. The zero-order valence-electron chi connectivity index (χ0n) is 11.0. The van der Waals surface area contributed by atoms with Gasteiger partial charge in [-0.1, -0.05) is 25.1 Å². The molecule has 0 radical (unpaired) electrons. The predicted molar refractivity (Wildman–Crippen MR) is 87.0 cm³/mol. The van der Waals surface area contributed by atoms with Crippen molar-refractivity contribution in [2.24, 2.45) is 4.99 Å². The number of rotatable bonds is 6. The van der Waals surface area contributed by atoms with Gasteiger partial charge in [-0.25, -0.2) is 0 Å². The second kappa shape index (κ2) is 11.1. The van der Waals surface area contributed by atoms with E-state index < -0.39 is 0 Å². The average Bonchev–Trinajstić information content (AvgIpc) is 2.39. The Morgan fingerprint density at radius 3 is 2.44 bits per heavy atom. The quantitative estimate of drug-likeness (QED) is 0.353. The maximum absolute atomic E-state index is 5.56. The smallest absolute Gasteiger partial charge is 0.191 e. The molecule has 1 aromatic rings. The summed E-state index contributed by atoms with van der Waals surface area (Å²) in [5, 5.41) is 6.39. The van der Waals surface area contributed by atoms with Gasteiger partial charge in [-0.3, -0.25) is 4.99 Å². The van der Waals surface area contributed by atoms with E-state index >= 15 is 0 Å². The van der Waals surface area contributed by atoms with Crippen molar-refractivity contribution < 1.29 is 4.74 Å². The van der Waals surface area contributed by atoms with Crippen molar-refractivity contribution in [1.82, 2.24) is 10.6 Å². The van der Waals surface area contributed by atoms with Gasteiger partial charge in [0.25, 0.3) is 0 Å². The number of ether oxygens (including phenoxy) is 1. The number of halogens is 1. The highest BCUT2D eigenvalue weighted by atomic mass is 127. The van der Waals surface area contributed by atoms with Gasteiger partial charge in [-0.15, -0.1) is 24.0 Å². The van der Waals surface area contributed by atoms with Crippen molar-refractivity contribution in [3.8, 4) is 5.75 Å². The summed E-state index contributed by atoms with van der Waals surface area (Å²) in [6.07, 6.45) is 1.08. The second-order valence-corrected chi connectivity index (χ2v) is 3.59. The minimum absolute atomic E-state index is 0. The van der Waals surface area contributed by atoms with Crippen LogP contribution in [0.1, 0.15) is 13.3 Å². The Labute approximate surface area is 126 Å². The largest absolute Gasteiger partial charge is 0.492 e. The fourth-order valence-corrected chi connectivity index (χ4v) is 1.32. The monoisotopic (exact) mass is 363 g/mol. The highest BCUT2D eigenvalue weighted by Crippen LogP contribution is 2.07. The van der Waals surface area contributed by atoms with Crippen LogP contribution in [0.5, 0.6) is 5.75 Å². The third-order valence-corrected chi connectivity index (χ3v) is 2.17. The van der Waals surface area contributed by atoms with E-state index in [4.69, 9.17) is 4.74 Å². The number of aliphatic imine (C=N–C) groups is 1. The predicted octanol–water partition coefficient (Wildman–Crippen LogP) is 2.26. The molecule has 2 N–H and O–H groups in total. The van der Waals surface area contributed by atoms with Crippen molar-refractivity contribution >= 4 is 29.9 Å². The SMILES string of the molecule is CCCNC(=NC)NCCOc1ccccc1.I. The van der Waals surface area contributed by atoms with E-state index in [0.29, 0.717) is 6.61 Å². The molecule has 1 aromatic carbocycles. The van der Waals surface area contributed by atoms with Crippen LogP contribution in [-0.4, -0.2) is 32.7 Å². The van der Waals surface area contributed by atoms with E-state index in [1.807, 2.05) is 30.3 Å². The van der Waals surface area contributed by atoms with Crippen molar-refractivity contribution in [1.29, 1.82) is 0 Å². The fraction of sp³-hybridized carbons (Fsp3) is 0.462. The molecular formula is C13H22IN3O. The minimum Gasteiger partial charge on any atom is -0.492 e. The van der Waals surface area contributed by atoms with Crippen LogP contribution in [0.2, 0.25) is 0 Å². The summed E-state index contributed by atoms with van der Waals surface area (Å²) < 4.78 is 5.56. The van der Waals surface area contributed by atoms with Crippen molar-refractivity contribution in [3.63, 3.8) is 0 Å². The van der Waals surface area contributed by atoms with E-state index in [-0.39, 0.29) is 24.0 Å². The zero-order chi connectivity index (χ0) is 12.3. The van der Waals surface area contributed by atoms with Gasteiger partial charge in [0.05, 0.1) is 6.54 Å². The molecular weight excluding hydrogens is 341 g/mol.